The van der Waals surface area contributed by atoms with Crippen LogP contribution in [0.5, 0.6) is 11.5 Å². The average molecular weight is 598 g/mol. The number of rotatable bonds is 7. The fourth-order valence-corrected chi connectivity index (χ4v) is 6.25. The predicted octanol–water partition coefficient (Wildman–Crippen LogP) is 9.06. The molecule has 1 heterocycles. The van der Waals surface area contributed by atoms with Crippen molar-refractivity contribution in [3.8, 4) is 11.5 Å². The van der Waals surface area contributed by atoms with Crippen molar-refractivity contribution in [3.63, 3.8) is 0 Å². The Bertz CT molecular complexity index is 1600. The minimum atomic E-state index is -0.300. The topological polar surface area (TPSA) is 42.8 Å². The summed E-state index contributed by atoms with van der Waals surface area (Å²) in [5, 5.41) is 3.81. The Balaban J connectivity index is 1.17. The number of nitrogens with zero attached hydrogens (tertiary/aromatic N) is 1. The molecule has 0 spiro atoms. The minimum Gasteiger partial charge on any atom is -0.493 e. The van der Waals surface area contributed by atoms with E-state index in [1.807, 2.05) is 12.1 Å². The molecule has 0 amide bonds. The van der Waals surface area contributed by atoms with Gasteiger partial charge in [-0.25, -0.2) is 4.39 Å². The first-order valence-corrected chi connectivity index (χ1v) is 14.2. The predicted molar refractivity (Wildman–Crippen MR) is 163 cm³/mol. The Labute approximate surface area is 242 Å². The van der Waals surface area contributed by atoms with Gasteiger partial charge in [-0.3, -0.25) is 4.99 Å². The second-order valence-electron chi connectivity index (χ2n) is 10.3. The fourth-order valence-electron chi connectivity index (χ4n) is 5.68. The van der Waals surface area contributed by atoms with Crippen LogP contribution in [0.25, 0.3) is 0 Å². The third kappa shape index (κ3) is 5.28. The van der Waals surface area contributed by atoms with Gasteiger partial charge in [0.2, 0.25) is 0 Å². The van der Waals surface area contributed by atoms with Gasteiger partial charge < -0.3 is 14.8 Å². The first-order chi connectivity index (χ1) is 19.5. The van der Waals surface area contributed by atoms with Crippen LogP contribution in [0.1, 0.15) is 46.2 Å². The highest BCUT2D eigenvalue weighted by Crippen LogP contribution is 2.50. The molecule has 0 bridgehead atoms. The van der Waals surface area contributed by atoms with Gasteiger partial charge in [-0.1, -0.05) is 60.2 Å². The zero-order valence-corrected chi connectivity index (χ0v) is 24.0. The zero-order chi connectivity index (χ0) is 27.6. The standard InChI is InChI=1S/C34H30BrFN2O2/c1-21-10-15-31-28(16-21)26-7-5-8-27(26)33(38-31)23-11-13-25(14-12-23)37-19-22-17-29(35)34(32(18-22)39-2)40-20-24-6-3-4-9-30(24)36/h3-7,9-19,26-27,33,38H,8,20H2,1-2H3/t26-,27-,33-/m0/s1. The van der Waals surface area contributed by atoms with E-state index in [4.69, 9.17) is 14.5 Å². The highest BCUT2D eigenvalue weighted by atomic mass is 79.9. The number of allylic oxidation sites excluding steroid dienone is 2. The Morgan fingerprint density at radius 2 is 1.88 bits per heavy atom. The molecule has 6 rings (SSSR count). The summed E-state index contributed by atoms with van der Waals surface area (Å²) in [5.74, 6) is 1.72. The second kappa shape index (κ2) is 11.3. The molecular weight excluding hydrogens is 567 g/mol. The summed E-state index contributed by atoms with van der Waals surface area (Å²) in [6, 6.07) is 25.8. The van der Waals surface area contributed by atoms with Crippen LogP contribution in [0.4, 0.5) is 15.8 Å². The molecule has 4 aromatic carbocycles. The van der Waals surface area contributed by atoms with Crippen molar-refractivity contribution in [2.75, 3.05) is 12.4 Å². The van der Waals surface area contributed by atoms with Crippen LogP contribution in [-0.2, 0) is 6.61 Å². The number of ether oxygens (including phenoxy) is 2. The number of methoxy groups -OCH3 is 1. The van der Waals surface area contributed by atoms with Crippen molar-refractivity contribution in [1.29, 1.82) is 0 Å². The normalized spacial score (nSPS) is 19.2. The van der Waals surface area contributed by atoms with Gasteiger partial charge in [0.05, 0.1) is 23.3 Å². The van der Waals surface area contributed by atoms with Crippen LogP contribution in [0, 0.1) is 18.7 Å². The van der Waals surface area contributed by atoms with E-state index >= 15 is 0 Å². The number of fused-ring (bicyclic) bond motifs is 3. The molecular formula is C34H30BrFN2O2. The number of aliphatic imine (C=N–C) groups is 1. The SMILES string of the molecule is COc1cc(C=Nc2ccc([C@@H]3Nc4ccc(C)cc4[C@H]4C=CC[C@@H]43)cc2)cc(Br)c1OCc1ccccc1F. The summed E-state index contributed by atoms with van der Waals surface area (Å²) < 4.78 is 26.2. The van der Waals surface area contributed by atoms with E-state index in [0.29, 0.717) is 33.4 Å². The molecule has 2 aliphatic rings. The Morgan fingerprint density at radius 3 is 2.67 bits per heavy atom. The van der Waals surface area contributed by atoms with Crippen LogP contribution in [0.15, 0.2) is 100 Å². The second-order valence-corrected chi connectivity index (χ2v) is 11.2. The van der Waals surface area contributed by atoms with Gasteiger partial charge in [0.25, 0.3) is 0 Å². The van der Waals surface area contributed by atoms with E-state index in [1.54, 1.807) is 31.5 Å². The third-order valence-corrected chi connectivity index (χ3v) is 8.30. The van der Waals surface area contributed by atoms with Crippen LogP contribution in [0.3, 0.4) is 0 Å². The number of aryl methyl sites for hydroxylation is 1. The lowest BCUT2D eigenvalue weighted by molar-refractivity contribution is 0.278. The van der Waals surface area contributed by atoms with Gasteiger partial charge in [-0.15, -0.1) is 0 Å². The van der Waals surface area contributed by atoms with Crippen molar-refractivity contribution in [1.82, 2.24) is 0 Å². The van der Waals surface area contributed by atoms with Crippen molar-refractivity contribution < 1.29 is 13.9 Å². The lowest BCUT2D eigenvalue weighted by Crippen LogP contribution is -2.29. The van der Waals surface area contributed by atoms with E-state index in [9.17, 15) is 4.39 Å². The molecule has 1 aliphatic heterocycles. The lowest BCUT2D eigenvalue weighted by atomic mass is 9.76. The molecule has 1 aliphatic carbocycles. The quantitative estimate of drug-likeness (QED) is 0.171. The van der Waals surface area contributed by atoms with Crippen molar-refractivity contribution in [2.45, 2.75) is 31.9 Å². The van der Waals surface area contributed by atoms with E-state index in [1.165, 1.54) is 28.4 Å². The number of halogens is 2. The summed E-state index contributed by atoms with van der Waals surface area (Å²) in [5.41, 5.74) is 7.40. The Hall–Kier alpha value is -3.90. The van der Waals surface area contributed by atoms with Crippen molar-refractivity contribution >= 4 is 33.5 Å². The summed E-state index contributed by atoms with van der Waals surface area (Å²) in [6.45, 7) is 2.25. The Kier molecular flexibility index (Phi) is 7.44. The molecule has 0 unspecified atom stereocenters. The van der Waals surface area contributed by atoms with Crippen LogP contribution in [-0.4, -0.2) is 13.3 Å². The third-order valence-electron chi connectivity index (χ3n) is 7.71. The number of benzene rings is 4. The molecule has 6 heteroatoms. The average Bonchev–Trinajstić information content (AvgIpc) is 3.47. The fraction of sp³-hybridized carbons (Fsp3) is 0.206. The van der Waals surface area contributed by atoms with E-state index in [2.05, 4.69) is 82.8 Å². The van der Waals surface area contributed by atoms with Gasteiger partial charge >= 0.3 is 0 Å². The Morgan fingerprint density at radius 1 is 1.05 bits per heavy atom. The molecule has 0 aromatic heterocycles. The van der Waals surface area contributed by atoms with Crippen LogP contribution < -0.4 is 14.8 Å². The molecule has 0 fully saturated rings. The highest BCUT2D eigenvalue weighted by Gasteiger charge is 2.37. The lowest BCUT2D eigenvalue weighted by Gasteiger charge is -2.37. The summed E-state index contributed by atoms with van der Waals surface area (Å²) in [4.78, 5) is 4.70. The van der Waals surface area contributed by atoms with Crippen LogP contribution >= 0.6 is 15.9 Å². The van der Waals surface area contributed by atoms with E-state index in [0.717, 1.165) is 17.7 Å². The largest absolute Gasteiger partial charge is 0.493 e. The van der Waals surface area contributed by atoms with Gasteiger partial charge in [0, 0.05) is 23.4 Å². The van der Waals surface area contributed by atoms with Crippen molar-refractivity contribution in [3.05, 3.63) is 129 Å². The first-order valence-electron chi connectivity index (χ1n) is 13.4. The molecule has 40 heavy (non-hydrogen) atoms. The van der Waals surface area contributed by atoms with Gasteiger partial charge in [-0.05, 0) is 88.3 Å². The van der Waals surface area contributed by atoms with Crippen molar-refractivity contribution in [2.24, 2.45) is 10.9 Å². The number of nitrogens with one attached hydrogen (secondary N) is 1. The monoisotopic (exact) mass is 596 g/mol. The van der Waals surface area contributed by atoms with Gasteiger partial charge in [0.15, 0.2) is 11.5 Å². The molecule has 1 N–H and O–H groups in total. The van der Waals surface area contributed by atoms with Gasteiger partial charge in [-0.2, -0.15) is 0 Å². The smallest absolute Gasteiger partial charge is 0.175 e. The molecule has 0 saturated carbocycles. The summed E-state index contributed by atoms with van der Waals surface area (Å²) >= 11 is 3.58. The van der Waals surface area contributed by atoms with E-state index in [-0.39, 0.29) is 18.5 Å². The molecule has 0 radical (unpaired) electrons. The minimum absolute atomic E-state index is 0.0974. The summed E-state index contributed by atoms with van der Waals surface area (Å²) in [6.07, 6.45) is 7.57. The first kappa shape index (κ1) is 26.3. The zero-order valence-electron chi connectivity index (χ0n) is 22.4. The molecule has 202 valence electrons. The maximum atomic E-state index is 14.0. The molecule has 0 saturated heterocycles. The molecule has 3 atom stereocenters. The van der Waals surface area contributed by atoms with Crippen LogP contribution in [0.2, 0.25) is 0 Å². The summed E-state index contributed by atoms with van der Waals surface area (Å²) in [7, 11) is 1.58. The highest BCUT2D eigenvalue weighted by molar-refractivity contribution is 9.10. The van der Waals surface area contributed by atoms with E-state index < -0.39 is 0 Å². The number of hydrogen-bond acceptors (Lipinski definition) is 4. The molecule has 4 aromatic rings. The van der Waals surface area contributed by atoms with Gasteiger partial charge in [0.1, 0.15) is 12.4 Å². The molecule has 4 nitrogen and oxygen atoms in total. The maximum Gasteiger partial charge on any atom is 0.175 e. The maximum absolute atomic E-state index is 14.0. The number of anilines is 1. The number of hydrogen-bond donors (Lipinski definition) is 1.